The first-order valence-electron chi connectivity index (χ1n) is 8.68. The van der Waals surface area contributed by atoms with Crippen molar-refractivity contribution >= 4 is 17.0 Å². The first kappa shape index (κ1) is 17.9. The summed E-state index contributed by atoms with van der Waals surface area (Å²) in [6, 6.07) is 14.1. The number of hydrogen-bond acceptors (Lipinski definition) is 3. The molecule has 4 rings (SSSR count). The molecule has 0 radical (unpaired) electrons. The Balaban J connectivity index is 1.61. The molecule has 0 unspecified atom stereocenters. The van der Waals surface area contributed by atoms with Gasteiger partial charge >= 0.3 is 6.18 Å². The number of thiophene rings is 1. The molecule has 3 aromatic rings. The van der Waals surface area contributed by atoms with Gasteiger partial charge in [0.05, 0.1) is 0 Å². The lowest BCUT2D eigenvalue weighted by molar-refractivity contribution is -0.133. The number of hydrogen-bond donors (Lipinski definition) is 1. The Morgan fingerprint density at radius 3 is 2.63 bits per heavy atom. The average molecular weight is 389 g/mol. The summed E-state index contributed by atoms with van der Waals surface area (Å²) in [6.07, 6.45) is -3.45. The molecule has 0 amide bonds. The van der Waals surface area contributed by atoms with Gasteiger partial charge in [0.1, 0.15) is 17.2 Å². The Hall–Kier alpha value is -2.47. The van der Waals surface area contributed by atoms with Crippen LogP contribution in [0.2, 0.25) is 0 Å². The van der Waals surface area contributed by atoms with Crippen LogP contribution in [0.25, 0.3) is 11.1 Å². The van der Waals surface area contributed by atoms with Gasteiger partial charge in [-0.25, -0.2) is 0 Å². The van der Waals surface area contributed by atoms with Crippen LogP contribution >= 0.6 is 11.3 Å². The van der Waals surface area contributed by atoms with Crippen LogP contribution in [-0.2, 0) is 19.2 Å². The standard InChI is InChI=1S/C21H18F3NOS/c1-13-16-9-10-25-18(16)7-8-19(13)26-12-15-11-17(14-5-3-2-4-6-14)20(27-15)21(22,23)24/h2-8,11,25H,9-10,12H2,1H3. The molecule has 2 heterocycles. The molecule has 6 heteroatoms. The normalized spacial score (nSPS) is 13.3. The lowest BCUT2D eigenvalue weighted by atomic mass is 10.1. The third kappa shape index (κ3) is 3.54. The van der Waals surface area contributed by atoms with Gasteiger partial charge in [0.15, 0.2) is 0 Å². The fourth-order valence-electron chi connectivity index (χ4n) is 3.41. The van der Waals surface area contributed by atoms with Gasteiger partial charge in [-0.1, -0.05) is 30.3 Å². The molecular weight excluding hydrogens is 371 g/mol. The molecule has 0 saturated carbocycles. The first-order valence-corrected chi connectivity index (χ1v) is 9.49. The smallest absolute Gasteiger partial charge is 0.426 e. The van der Waals surface area contributed by atoms with E-state index in [1.54, 1.807) is 36.4 Å². The highest BCUT2D eigenvalue weighted by atomic mass is 32.1. The zero-order valence-corrected chi connectivity index (χ0v) is 15.5. The van der Waals surface area contributed by atoms with E-state index in [-0.39, 0.29) is 12.2 Å². The SMILES string of the molecule is Cc1c(OCc2cc(-c3ccccc3)c(C(F)(F)F)s2)ccc2c1CCN2. The number of rotatable bonds is 4. The van der Waals surface area contributed by atoms with Crippen LogP contribution in [0.5, 0.6) is 5.75 Å². The van der Waals surface area contributed by atoms with Crippen molar-refractivity contribution in [2.75, 3.05) is 11.9 Å². The highest BCUT2D eigenvalue weighted by molar-refractivity contribution is 7.12. The van der Waals surface area contributed by atoms with Gasteiger partial charge in [-0.05, 0) is 48.2 Å². The highest BCUT2D eigenvalue weighted by Gasteiger charge is 2.36. The molecule has 1 aliphatic heterocycles. The summed E-state index contributed by atoms with van der Waals surface area (Å²) in [7, 11) is 0. The quantitative estimate of drug-likeness (QED) is 0.566. The fraction of sp³-hybridized carbons (Fsp3) is 0.238. The lowest BCUT2D eigenvalue weighted by Crippen LogP contribution is -2.03. The summed E-state index contributed by atoms with van der Waals surface area (Å²) in [5.74, 6) is 0.723. The Morgan fingerprint density at radius 2 is 1.89 bits per heavy atom. The zero-order chi connectivity index (χ0) is 19.0. The molecule has 2 aromatic carbocycles. The third-order valence-corrected chi connectivity index (χ3v) is 5.89. The molecule has 2 nitrogen and oxygen atoms in total. The van der Waals surface area contributed by atoms with Crippen molar-refractivity contribution in [3.8, 4) is 16.9 Å². The average Bonchev–Trinajstić information content (AvgIpc) is 3.29. The van der Waals surface area contributed by atoms with Crippen molar-refractivity contribution in [2.24, 2.45) is 0 Å². The molecule has 140 valence electrons. The van der Waals surface area contributed by atoms with E-state index in [4.69, 9.17) is 4.74 Å². The molecule has 1 N–H and O–H groups in total. The summed E-state index contributed by atoms with van der Waals surface area (Å²) in [6.45, 7) is 3.01. The minimum Gasteiger partial charge on any atom is -0.488 e. The second-order valence-corrected chi connectivity index (χ2v) is 7.64. The zero-order valence-electron chi connectivity index (χ0n) is 14.7. The van der Waals surface area contributed by atoms with E-state index in [1.807, 2.05) is 19.1 Å². The van der Waals surface area contributed by atoms with E-state index in [0.29, 0.717) is 10.4 Å². The predicted molar refractivity (Wildman–Crippen MR) is 102 cm³/mol. The maximum absolute atomic E-state index is 13.5. The van der Waals surface area contributed by atoms with Crippen LogP contribution in [0.3, 0.4) is 0 Å². The number of halogens is 3. The summed E-state index contributed by atoms with van der Waals surface area (Å²) in [4.78, 5) is -0.0265. The van der Waals surface area contributed by atoms with Crippen molar-refractivity contribution in [2.45, 2.75) is 26.1 Å². The molecule has 1 aliphatic rings. The molecule has 0 saturated heterocycles. The van der Waals surface area contributed by atoms with Crippen LogP contribution in [0.1, 0.15) is 20.9 Å². The minimum absolute atomic E-state index is 0.119. The fourth-order valence-corrected chi connectivity index (χ4v) is 4.37. The molecule has 0 spiro atoms. The van der Waals surface area contributed by atoms with E-state index in [2.05, 4.69) is 5.32 Å². The molecule has 1 aromatic heterocycles. The van der Waals surface area contributed by atoms with Crippen LogP contribution in [0.4, 0.5) is 18.9 Å². The summed E-state index contributed by atoms with van der Waals surface area (Å²) >= 11 is 0.749. The maximum atomic E-state index is 13.5. The van der Waals surface area contributed by atoms with Gasteiger partial charge in [-0.15, -0.1) is 11.3 Å². The summed E-state index contributed by atoms with van der Waals surface area (Å²) in [5.41, 5.74) is 4.16. The predicted octanol–water partition coefficient (Wildman–Crippen LogP) is 6.29. The second kappa shape index (κ2) is 6.93. The van der Waals surface area contributed by atoms with Gasteiger partial charge in [0, 0.05) is 22.7 Å². The van der Waals surface area contributed by atoms with Gasteiger partial charge in [0.25, 0.3) is 0 Å². The lowest BCUT2D eigenvalue weighted by Gasteiger charge is -2.11. The van der Waals surface area contributed by atoms with Crippen LogP contribution in [-0.4, -0.2) is 6.54 Å². The number of anilines is 1. The Bertz CT molecular complexity index is 964. The highest BCUT2D eigenvalue weighted by Crippen LogP contribution is 2.43. The van der Waals surface area contributed by atoms with Gasteiger partial charge in [-0.3, -0.25) is 0 Å². The van der Waals surface area contributed by atoms with Crippen molar-refractivity contribution in [1.82, 2.24) is 0 Å². The van der Waals surface area contributed by atoms with E-state index < -0.39 is 11.1 Å². The number of ether oxygens (including phenoxy) is 1. The topological polar surface area (TPSA) is 21.3 Å². The molecule has 0 aliphatic carbocycles. The molecule has 0 atom stereocenters. The summed E-state index contributed by atoms with van der Waals surface area (Å²) in [5, 5.41) is 3.31. The van der Waals surface area contributed by atoms with Crippen LogP contribution < -0.4 is 10.1 Å². The van der Waals surface area contributed by atoms with E-state index in [0.717, 1.165) is 41.3 Å². The van der Waals surface area contributed by atoms with Gasteiger partial charge in [-0.2, -0.15) is 13.2 Å². The van der Waals surface area contributed by atoms with Crippen molar-refractivity contribution in [1.29, 1.82) is 0 Å². The molecule has 27 heavy (non-hydrogen) atoms. The number of alkyl halides is 3. The van der Waals surface area contributed by atoms with E-state index in [9.17, 15) is 13.2 Å². The van der Waals surface area contributed by atoms with E-state index in [1.165, 1.54) is 5.56 Å². The Morgan fingerprint density at radius 1 is 1.11 bits per heavy atom. The largest absolute Gasteiger partial charge is 0.488 e. The molecular formula is C21H18F3NOS. The van der Waals surface area contributed by atoms with Gasteiger partial charge in [0.2, 0.25) is 0 Å². The Labute approximate surface area is 159 Å². The number of benzene rings is 2. The summed E-state index contributed by atoms with van der Waals surface area (Å²) < 4.78 is 46.3. The second-order valence-electron chi connectivity index (χ2n) is 6.50. The first-order chi connectivity index (χ1) is 12.9. The monoisotopic (exact) mass is 389 g/mol. The maximum Gasteiger partial charge on any atom is 0.426 e. The van der Waals surface area contributed by atoms with Gasteiger partial charge < -0.3 is 10.1 Å². The van der Waals surface area contributed by atoms with Crippen molar-refractivity contribution in [3.63, 3.8) is 0 Å². The van der Waals surface area contributed by atoms with Crippen molar-refractivity contribution in [3.05, 3.63) is 69.4 Å². The minimum atomic E-state index is -4.39. The number of nitrogens with one attached hydrogen (secondary N) is 1. The van der Waals surface area contributed by atoms with E-state index >= 15 is 0 Å². The molecule has 0 fully saturated rings. The van der Waals surface area contributed by atoms with Crippen molar-refractivity contribution < 1.29 is 17.9 Å². The number of fused-ring (bicyclic) bond motifs is 1. The van der Waals surface area contributed by atoms with Crippen LogP contribution in [0.15, 0.2) is 48.5 Å². The molecule has 0 bridgehead atoms. The van der Waals surface area contributed by atoms with Crippen LogP contribution in [0, 0.1) is 6.92 Å². The third-order valence-electron chi connectivity index (χ3n) is 4.73. The Kier molecular flexibility index (Phi) is 4.60.